The van der Waals surface area contributed by atoms with Crippen molar-refractivity contribution < 1.29 is 9.53 Å². The Kier molecular flexibility index (Phi) is 5.26. The predicted octanol–water partition coefficient (Wildman–Crippen LogP) is 4.81. The Morgan fingerprint density at radius 1 is 1.29 bits per heavy atom. The molecule has 21 heavy (non-hydrogen) atoms. The van der Waals surface area contributed by atoms with E-state index in [2.05, 4.69) is 21.2 Å². The zero-order valence-corrected chi connectivity index (χ0v) is 14.1. The Labute approximate surface area is 137 Å². The number of rotatable bonds is 4. The van der Waals surface area contributed by atoms with Crippen LogP contribution in [0.2, 0.25) is 5.02 Å². The van der Waals surface area contributed by atoms with Crippen LogP contribution in [0.3, 0.4) is 0 Å². The second-order valence-corrected chi connectivity index (χ2v) is 5.90. The molecule has 0 amide bonds. The minimum Gasteiger partial charge on any atom is -0.465 e. The average Bonchev–Trinajstić information content (AvgIpc) is 2.48. The van der Waals surface area contributed by atoms with Gasteiger partial charge in [0.05, 0.1) is 17.7 Å². The summed E-state index contributed by atoms with van der Waals surface area (Å²) in [5.74, 6) is -0.352. The molecular weight excluding hydrogens is 354 g/mol. The summed E-state index contributed by atoms with van der Waals surface area (Å²) >= 11 is 9.43. The van der Waals surface area contributed by atoms with E-state index in [0.717, 1.165) is 21.3 Å². The van der Waals surface area contributed by atoms with Gasteiger partial charge in [-0.2, -0.15) is 0 Å². The number of halogens is 2. The fourth-order valence-corrected chi connectivity index (χ4v) is 2.39. The van der Waals surface area contributed by atoms with Crippen molar-refractivity contribution in [2.45, 2.75) is 13.5 Å². The molecule has 0 aliphatic carbocycles. The highest BCUT2D eigenvalue weighted by molar-refractivity contribution is 9.10. The molecule has 2 rings (SSSR count). The summed E-state index contributed by atoms with van der Waals surface area (Å²) in [6, 6.07) is 11.4. The van der Waals surface area contributed by atoms with Crippen molar-refractivity contribution in [1.82, 2.24) is 0 Å². The number of carbonyl (C=O) groups excluding carboxylic acids is 1. The Bertz CT molecular complexity index is 673. The molecule has 0 saturated carbocycles. The number of ether oxygens (including phenoxy) is 1. The molecule has 2 aromatic rings. The summed E-state index contributed by atoms with van der Waals surface area (Å²) in [4.78, 5) is 11.8. The van der Waals surface area contributed by atoms with Gasteiger partial charge in [0.1, 0.15) is 0 Å². The zero-order chi connectivity index (χ0) is 15.4. The first-order valence-electron chi connectivity index (χ1n) is 6.38. The Balaban J connectivity index is 2.19. The molecule has 0 aliphatic heterocycles. The van der Waals surface area contributed by atoms with Crippen LogP contribution < -0.4 is 5.32 Å². The highest BCUT2D eigenvalue weighted by Gasteiger charge is 2.12. The second-order valence-electron chi connectivity index (χ2n) is 4.64. The highest BCUT2D eigenvalue weighted by Crippen LogP contribution is 2.24. The molecule has 0 fully saturated rings. The number of benzene rings is 2. The molecule has 110 valence electrons. The standard InChI is InChI=1S/C16H15BrClNO2/c1-10-3-6-15(12(7-10)16(20)21-2)19-9-11-4-5-13(17)14(18)8-11/h3-8,19H,9H2,1-2H3. The van der Waals surface area contributed by atoms with Gasteiger partial charge in [-0.25, -0.2) is 4.79 Å². The summed E-state index contributed by atoms with van der Waals surface area (Å²) in [7, 11) is 1.38. The van der Waals surface area contributed by atoms with E-state index in [-0.39, 0.29) is 5.97 Å². The molecule has 0 unspecified atom stereocenters. The molecule has 0 spiro atoms. The molecule has 3 nitrogen and oxygen atoms in total. The Hall–Kier alpha value is -1.52. The minimum atomic E-state index is -0.352. The number of esters is 1. The van der Waals surface area contributed by atoms with E-state index in [1.165, 1.54) is 7.11 Å². The van der Waals surface area contributed by atoms with Crippen LogP contribution in [0, 0.1) is 6.92 Å². The quantitative estimate of drug-likeness (QED) is 0.787. The van der Waals surface area contributed by atoms with Crippen molar-refractivity contribution in [3.63, 3.8) is 0 Å². The number of methoxy groups -OCH3 is 1. The topological polar surface area (TPSA) is 38.3 Å². The third-order valence-electron chi connectivity index (χ3n) is 3.05. The summed E-state index contributed by atoms with van der Waals surface area (Å²) in [6.45, 7) is 2.50. The largest absolute Gasteiger partial charge is 0.465 e. The smallest absolute Gasteiger partial charge is 0.339 e. The number of anilines is 1. The summed E-state index contributed by atoms with van der Waals surface area (Å²) < 4.78 is 5.67. The molecule has 2 aromatic carbocycles. The maximum Gasteiger partial charge on any atom is 0.339 e. The van der Waals surface area contributed by atoms with Crippen LogP contribution in [0.15, 0.2) is 40.9 Å². The van der Waals surface area contributed by atoms with Gasteiger partial charge in [-0.15, -0.1) is 0 Å². The predicted molar refractivity (Wildman–Crippen MR) is 89.0 cm³/mol. The molecule has 0 saturated heterocycles. The molecule has 0 bridgehead atoms. The lowest BCUT2D eigenvalue weighted by atomic mass is 10.1. The van der Waals surface area contributed by atoms with Crippen LogP contribution in [0.1, 0.15) is 21.5 Å². The van der Waals surface area contributed by atoms with Crippen molar-refractivity contribution in [2.75, 3.05) is 12.4 Å². The Morgan fingerprint density at radius 2 is 2.05 bits per heavy atom. The lowest BCUT2D eigenvalue weighted by molar-refractivity contribution is 0.0601. The molecule has 0 atom stereocenters. The maximum atomic E-state index is 11.8. The van der Waals surface area contributed by atoms with Gasteiger partial charge in [-0.05, 0) is 52.7 Å². The van der Waals surface area contributed by atoms with Crippen molar-refractivity contribution >= 4 is 39.2 Å². The summed E-state index contributed by atoms with van der Waals surface area (Å²) in [6.07, 6.45) is 0. The fourth-order valence-electron chi connectivity index (χ4n) is 1.94. The normalized spacial score (nSPS) is 10.3. The number of hydrogen-bond donors (Lipinski definition) is 1. The maximum absolute atomic E-state index is 11.8. The van der Waals surface area contributed by atoms with Crippen molar-refractivity contribution in [3.05, 3.63) is 62.6 Å². The van der Waals surface area contributed by atoms with Gasteiger partial charge in [-0.1, -0.05) is 29.3 Å². The SMILES string of the molecule is COC(=O)c1cc(C)ccc1NCc1ccc(Br)c(Cl)c1. The van der Waals surface area contributed by atoms with Crippen LogP contribution in [0.25, 0.3) is 0 Å². The van der Waals surface area contributed by atoms with E-state index in [4.69, 9.17) is 16.3 Å². The van der Waals surface area contributed by atoms with E-state index >= 15 is 0 Å². The van der Waals surface area contributed by atoms with Crippen LogP contribution in [-0.4, -0.2) is 13.1 Å². The van der Waals surface area contributed by atoms with E-state index in [1.807, 2.05) is 43.3 Å². The molecule has 1 N–H and O–H groups in total. The number of nitrogens with one attached hydrogen (secondary N) is 1. The summed E-state index contributed by atoms with van der Waals surface area (Å²) in [5, 5.41) is 3.90. The number of hydrogen-bond acceptors (Lipinski definition) is 3. The van der Waals surface area contributed by atoms with Gasteiger partial charge in [-0.3, -0.25) is 0 Å². The van der Waals surface area contributed by atoms with Crippen LogP contribution in [0.5, 0.6) is 0 Å². The molecule has 0 radical (unpaired) electrons. The third kappa shape index (κ3) is 3.99. The monoisotopic (exact) mass is 367 g/mol. The Morgan fingerprint density at radius 3 is 2.71 bits per heavy atom. The first kappa shape index (κ1) is 15.9. The van der Waals surface area contributed by atoms with Gasteiger partial charge in [0, 0.05) is 16.7 Å². The van der Waals surface area contributed by atoms with Crippen molar-refractivity contribution in [3.8, 4) is 0 Å². The lowest BCUT2D eigenvalue weighted by Crippen LogP contribution is -2.08. The van der Waals surface area contributed by atoms with Gasteiger partial charge in [0.2, 0.25) is 0 Å². The first-order chi connectivity index (χ1) is 10.0. The van der Waals surface area contributed by atoms with Crippen LogP contribution in [0.4, 0.5) is 5.69 Å². The highest BCUT2D eigenvalue weighted by atomic mass is 79.9. The molecular formula is C16H15BrClNO2. The third-order valence-corrected chi connectivity index (χ3v) is 4.28. The van der Waals surface area contributed by atoms with Crippen LogP contribution >= 0.6 is 27.5 Å². The van der Waals surface area contributed by atoms with Crippen molar-refractivity contribution in [1.29, 1.82) is 0 Å². The second kappa shape index (κ2) is 6.96. The average molecular weight is 369 g/mol. The van der Waals surface area contributed by atoms with Gasteiger partial charge >= 0.3 is 5.97 Å². The number of carbonyl (C=O) groups is 1. The van der Waals surface area contributed by atoms with E-state index < -0.39 is 0 Å². The van der Waals surface area contributed by atoms with Crippen LogP contribution in [-0.2, 0) is 11.3 Å². The zero-order valence-electron chi connectivity index (χ0n) is 11.7. The minimum absolute atomic E-state index is 0.352. The van der Waals surface area contributed by atoms with Gasteiger partial charge in [0.25, 0.3) is 0 Å². The van der Waals surface area contributed by atoms with E-state index in [9.17, 15) is 4.79 Å². The van der Waals surface area contributed by atoms with Gasteiger partial charge in [0.15, 0.2) is 0 Å². The number of aryl methyl sites for hydroxylation is 1. The molecule has 0 heterocycles. The van der Waals surface area contributed by atoms with Crippen molar-refractivity contribution in [2.24, 2.45) is 0 Å². The molecule has 5 heteroatoms. The lowest BCUT2D eigenvalue weighted by Gasteiger charge is -2.12. The summed E-state index contributed by atoms with van der Waals surface area (Å²) in [5.41, 5.74) is 3.31. The van der Waals surface area contributed by atoms with E-state index in [1.54, 1.807) is 0 Å². The van der Waals surface area contributed by atoms with Gasteiger partial charge < -0.3 is 10.1 Å². The molecule has 0 aromatic heterocycles. The fraction of sp³-hybridized carbons (Fsp3) is 0.188. The molecule has 0 aliphatic rings. The van der Waals surface area contributed by atoms with E-state index in [0.29, 0.717) is 17.1 Å². The first-order valence-corrected chi connectivity index (χ1v) is 7.55.